The fraction of sp³-hybridized carbons (Fsp3) is 0.333. The van der Waals surface area contributed by atoms with Crippen LogP contribution in [-0.2, 0) is 18.3 Å². The standard InChI is InChI=1S/C21H24N2O3S/c1-13-9-18(15(3)22(13)5)20(24)12-26-21(25)19-10-14(2)23(16(19)4)11-17-7-6-8-27-17/h6-10H,11-12H2,1-5H3. The highest BCUT2D eigenvalue weighted by molar-refractivity contribution is 7.09. The molecule has 0 aliphatic rings. The molecule has 0 saturated heterocycles. The van der Waals surface area contributed by atoms with E-state index >= 15 is 0 Å². The van der Waals surface area contributed by atoms with Crippen molar-refractivity contribution in [1.29, 1.82) is 0 Å². The van der Waals surface area contributed by atoms with E-state index in [1.54, 1.807) is 11.3 Å². The Morgan fingerprint density at radius 2 is 1.74 bits per heavy atom. The molecule has 0 spiro atoms. The van der Waals surface area contributed by atoms with E-state index in [9.17, 15) is 9.59 Å². The van der Waals surface area contributed by atoms with E-state index in [2.05, 4.69) is 10.6 Å². The summed E-state index contributed by atoms with van der Waals surface area (Å²) in [6, 6.07) is 7.75. The van der Waals surface area contributed by atoms with Crippen LogP contribution in [0.15, 0.2) is 29.6 Å². The number of aryl methyl sites for hydroxylation is 2. The van der Waals surface area contributed by atoms with Crippen molar-refractivity contribution in [2.45, 2.75) is 34.2 Å². The van der Waals surface area contributed by atoms with Crippen molar-refractivity contribution in [3.63, 3.8) is 0 Å². The Morgan fingerprint density at radius 1 is 1.04 bits per heavy atom. The summed E-state index contributed by atoms with van der Waals surface area (Å²) < 4.78 is 9.37. The van der Waals surface area contributed by atoms with Gasteiger partial charge in [-0.05, 0) is 51.3 Å². The lowest BCUT2D eigenvalue weighted by atomic mass is 10.1. The molecule has 6 heteroatoms. The summed E-state index contributed by atoms with van der Waals surface area (Å²) in [4.78, 5) is 26.2. The zero-order valence-electron chi connectivity index (χ0n) is 16.3. The Kier molecular flexibility index (Phi) is 5.37. The maximum Gasteiger partial charge on any atom is 0.340 e. The first-order valence-electron chi connectivity index (χ1n) is 8.82. The Balaban J connectivity index is 1.71. The number of Topliss-reactive ketones (excluding diaryl/α,β-unsaturated/α-hetero) is 1. The SMILES string of the molecule is Cc1cc(C(=O)COC(=O)c2cc(C)n(Cc3cccs3)c2C)c(C)n1C. The van der Waals surface area contributed by atoms with Gasteiger partial charge in [0.1, 0.15) is 0 Å². The molecule has 3 aromatic rings. The molecule has 142 valence electrons. The lowest BCUT2D eigenvalue weighted by Gasteiger charge is -2.08. The van der Waals surface area contributed by atoms with Crippen LogP contribution < -0.4 is 0 Å². The summed E-state index contributed by atoms with van der Waals surface area (Å²) in [7, 11) is 1.91. The molecule has 3 aromatic heterocycles. The van der Waals surface area contributed by atoms with Gasteiger partial charge in [-0.15, -0.1) is 11.3 Å². The summed E-state index contributed by atoms with van der Waals surface area (Å²) in [5.74, 6) is -0.642. The summed E-state index contributed by atoms with van der Waals surface area (Å²) in [6.45, 7) is 8.18. The van der Waals surface area contributed by atoms with Gasteiger partial charge in [-0.25, -0.2) is 4.79 Å². The number of carbonyl (C=O) groups excluding carboxylic acids is 2. The quantitative estimate of drug-likeness (QED) is 0.472. The average Bonchev–Trinajstić information content (AvgIpc) is 3.32. The first kappa shape index (κ1) is 19.2. The maximum absolute atomic E-state index is 12.5. The summed E-state index contributed by atoms with van der Waals surface area (Å²) >= 11 is 1.69. The number of aromatic nitrogens is 2. The van der Waals surface area contributed by atoms with Crippen molar-refractivity contribution in [2.75, 3.05) is 6.61 Å². The first-order chi connectivity index (χ1) is 12.8. The highest BCUT2D eigenvalue weighted by Gasteiger charge is 2.20. The van der Waals surface area contributed by atoms with Gasteiger partial charge in [0.2, 0.25) is 5.78 Å². The molecular weight excluding hydrogens is 360 g/mol. The average molecular weight is 385 g/mol. The molecule has 0 aliphatic carbocycles. The number of thiophene rings is 1. The Bertz CT molecular complexity index is 993. The lowest BCUT2D eigenvalue weighted by molar-refractivity contribution is 0.0473. The van der Waals surface area contributed by atoms with Crippen LogP contribution in [-0.4, -0.2) is 27.5 Å². The minimum Gasteiger partial charge on any atom is -0.454 e. The fourth-order valence-corrected chi connectivity index (χ4v) is 3.93. The molecule has 0 amide bonds. The molecule has 0 saturated carbocycles. The van der Waals surface area contributed by atoms with Crippen LogP contribution in [0, 0.1) is 27.7 Å². The third kappa shape index (κ3) is 3.76. The Labute approximate surface area is 163 Å². The minimum atomic E-state index is -0.459. The van der Waals surface area contributed by atoms with Gasteiger partial charge in [0, 0.05) is 40.3 Å². The maximum atomic E-state index is 12.5. The van der Waals surface area contributed by atoms with Crippen molar-refractivity contribution in [2.24, 2.45) is 7.05 Å². The molecule has 0 bridgehead atoms. The summed E-state index contributed by atoms with van der Waals surface area (Å²) in [6.07, 6.45) is 0. The molecule has 27 heavy (non-hydrogen) atoms. The van der Waals surface area contributed by atoms with Crippen molar-refractivity contribution in [1.82, 2.24) is 9.13 Å². The van der Waals surface area contributed by atoms with Gasteiger partial charge in [0.25, 0.3) is 0 Å². The van der Waals surface area contributed by atoms with Gasteiger partial charge < -0.3 is 13.9 Å². The molecule has 0 atom stereocenters. The van der Waals surface area contributed by atoms with E-state index in [0.29, 0.717) is 11.1 Å². The molecule has 5 nitrogen and oxygen atoms in total. The third-order valence-electron chi connectivity index (χ3n) is 5.10. The Morgan fingerprint density at radius 3 is 2.33 bits per heavy atom. The van der Waals surface area contributed by atoms with E-state index in [1.807, 2.05) is 62.9 Å². The second-order valence-corrected chi connectivity index (χ2v) is 7.83. The normalized spacial score (nSPS) is 11.0. The molecule has 0 fully saturated rings. The van der Waals surface area contributed by atoms with E-state index < -0.39 is 5.97 Å². The van der Waals surface area contributed by atoms with E-state index in [4.69, 9.17) is 4.74 Å². The highest BCUT2D eigenvalue weighted by Crippen LogP contribution is 2.20. The van der Waals surface area contributed by atoms with Crippen molar-refractivity contribution in [3.8, 4) is 0 Å². The zero-order chi connectivity index (χ0) is 19.7. The third-order valence-corrected chi connectivity index (χ3v) is 5.96. The smallest absolute Gasteiger partial charge is 0.340 e. The van der Waals surface area contributed by atoms with Crippen LogP contribution in [0.25, 0.3) is 0 Å². The molecule has 0 N–H and O–H groups in total. The van der Waals surface area contributed by atoms with Gasteiger partial charge >= 0.3 is 5.97 Å². The molecular formula is C21H24N2O3S. The van der Waals surface area contributed by atoms with Gasteiger partial charge in [-0.2, -0.15) is 0 Å². The number of hydrogen-bond donors (Lipinski definition) is 0. The second kappa shape index (κ2) is 7.56. The van der Waals surface area contributed by atoms with Crippen LogP contribution >= 0.6 is 11.3 Å². The first-order valence-corrected chi connectivity index (χ1v) is 9.70. The molecule has 0 radical (unpaired) electrons. The number of esters is 1. The molecule has 3 rings (SSSR count). The van der Waals surface area contributed by atoms with Crippen LogP contribution in [0.1, 0.15) is 48.4 Å². The van der Waals surface area contributed by atoms with Crippen LogP contribution in [0.2, 0.25) is 0 Å². The molecule has 0 aliphatic heterocycles. The summed E-state index contributed by atoms with van der Waals surface area (Å²) in [5.41, 5.74) is 4.84. The lowest BCUT2D eigenvalue weighted by Crippen LogP contribution is -2.15. The molecule has 0 aromatic carbocycles. The van der Waals surface area contributed by atoms with E-state index in [0.717, 1.165) is 29.3 Å². The van der Waals surface area contributed by atoms with Crippen molar-refractivity contribution >= 4 is 23.1 Å². The molecule has 0 unspecified atom stereocenters. The highest BCUT2D eigenvalue weighted by atomic mass is 32.1. The second-order valence-electron chi connectivity index (χ2n) is 6.79. The number of carbonyl (C=O) groups is 2. The van der Waals surface area contributed by atoms with Gasteiger partial charge in [-0.1, -0.05) is 6.07 Å². The van der Waals surface area contributed by atoms with Crippen LogP contribution in [0.3, 0.4) is 0 Å². The summed E-state index contributed by atoms with van der Waals surface area (Å²) in [5, 5.41) is 2.04. The topological polar surface area (TPSA) is 53.2 Å². The van der Waals surface area contributed by atoms with Gasteiger partial charge in [0.05, 0.1) is 12.1 Å². The monoisotopic (exact) mass is 384 g/mol. The van der Waals surface area contributed by atoms with Crippen LogP contribution in [0.4, 0.5) is 0 Å². The molecule has 3 heterocycles. The van der Waals surface area contributed by atoms with Gasteiger partial charge in [-0.3, -0.25) is 4.79 Å². The van der Waals surface area contributed by atoms with Crippen molar-refractivity contribution in [3.05, 3.63) is 68.4 Å². The minimum absolute atomic E-state index is 0.183. The number of ether oxygens (including phenoxy) is 1. The van der Waals surface area contributed by atoms with Gasteiger partial charge in [0.15, 0.2) is 6.61 Å². The zero-order valence-corrected chi connectivity index (χ0v) is 17.1. The number of ketones is 1. The predicted octanol–water partition coefficient (Wildman–Crippen LogP) is 4.21. The number of nitrogens with zero attached hydrogens (tertiary/aromatic N) is 2. The van der Waals surface area contributed by atoms with E-state index in [1.165, 1.54) is 4.88 Å². The van der Waals surface area contributed by atoms with Crippen LogP contribution in [0.5, 0.6) is 0 Å². The van der Waals surface area contributed by atoms with Crippen molar-refractivity contribution < 1.29 is 14.3 Å². The Hall–Kier alpha value is -2.60. The number of hydrogen-bond acceptors (Lipinski definition) is 4. The predicted molar refractivity (Wildman–Crippen MR) is 107 cm³/mol. The fourth-order valence-electron chi connectivity index (χ4n) is 3.23. The van der Waals surface area contributed by atoms with E-state index in [-0.39, 0.29) is 12.4 Å². The number of rotatable bonds is 6. The largest absolute Gasteiger partial charge is 0.454 e.